The number of rotatable bonds is 3. The van der Waals surface area contributed by atoms with Crippen molar-refractivity contribution in [3.8, 4) is 5.75 Å². The Morgan fingerprint density at radius 3 is 3.07 bits per heavy atom. The summed E-state index contributed by atoms with van der Waals surface area (Å²) in [5.74, 6) is 0.918. The summed E-state index contributed by atoms with van der Waals surface area (Å²) in [5, 5.41) is 0. The highest BCUT2D eigenvalue weighted by molar-refractivity contribution is 5.60. The van der Waals surface area contributed by atoms with Crippen molar-refractivity contribution in [2.45, 2.75) is 6.10 Å². The number of anilines is 1. The number of para-hydroxylation sites is 2. The lowest BCUT2D eigenvalue weighted by atomic mass is 10.2. The van der Waals surface area contributed by atoms with Gasteiger partial charge in [-0.05, 0) is 12.1 Å². The Hall–Kier alpha value is -1.48. The fourth-order valence-corrected chi connectivity index (χ4v) is 1.83. The van der Waals surface area contributed by atoms with Gasteiger partial charge in [-0.15, -0.1) is 6.58 Å². The molecule has 1 aliphatic heterocycles. The van der Waals surface area contributed by atoms with Crippen molar-refractivity contribution in [2.24, 2.45) is 5.73 Å². The van der Waals surface area contributed by atoms with Crippen LogP contribution in [0, 0.1) is 0 Å². The first kappa shape index (κ1) is 10.1. The quantitative estimate of drug-likeness (QED) is 0.756. The van der Waals surface area contributed by atoms with Crippen LogP contribution < -0.4 is 15.4 Å². The molecule has 2 N–H and O–H groups in total. The van der Waals surface area contributed by atoms with Crippen molar-refractivity contribution in [3.05, 3.63) is 36.9 Å². The zero-order valence-corrected chi connectivity index (χ0v) is 8.73. The second-order valence-electron chi connectivity index (χ2n) is 3.64. The van der Waals surface area contributed by atoms with Gasteiger partial charge in [-0.25, -0.2) is 0 Å². The van der Waals surface area contributed by atoms with Gasteiger partial charge in [0.1, 0.15) is 11.9 Å². The highest BCUT2D eigenvalue weighted by atomic mass is 16.5. The lowest BCUT2D eigenvalue weighted by Gasteiger charge is -2.35. The third-order valence-electron chi connectivity index (χ3n) is 2.54. The Balaban J connectivity index is 2.29. The van der Waals surface area contributed by atoms with E-state index in [1.54, 1.807) is 0 Å². The molecule has 1 atom stereocenters. The van der Waals surface area contributed by atoms with E-state index in [0.717, 1.165) is 24.5 Å². The number of nitrogens with two attached hydrogens (primary N) is 1. The zero-order chi connectivity index (χ0) is 10.7. The van der Waals surface area contributed by atoms with Crippen molar-refractivity contribution in [1.29, 1.82) is 0 Å². The molecule has 3 nitrogen and oxygen atoms in total. The molecule has 0 amide bonds. The average Bonchev–Trinajstić information content (AvgIpc) is 2.29. The number of nitrogens with zero attached hydrogens (tertiary/aromatic N) is 1. The third kappa shape index (κ3) is 1.97. The molecule has 1 unspecified atom stereocenters. The fourth-order valence-electron chi connectivity index (χ4n) is 1.83. The summed E-state index contributed by atoms with van der Waals surface area (Å²) in [6, 6.07) is 8.03. The molecule has 1 aromatic carbocycles. The molecule has 0 saturated heterocycles. The first-order valence-corrected chi connectivity index (χ1v) is 5.16. The van der Waals surface area contributed by atoms with Crippen LogP contribution in [0.4, 0.5) is 5.69 Å². The van der Waals surface area contributed by atoms with E-state index in [2.05, 4.69) is 17.5 Å². The fraction of sp³-hybridized carbons (Fsp3) is 0.333. The average molecular weight is 204 g/mol. The van der Waals surface area contributed by atoms with Crippen LogP contribution in [0.25, 0.3) is 0 Å². The Labute approximate surface area is 90.1 Å². The topological polar surface area (TPSA) is 38.5 Å². The second-order valence-corrected chi connectivity index (χ2v) is 3.64. The van der Waals surface area contributed by atoms with E-state index < -0.39 is 0 Å². The summed E-state index contributed by atoms with van der Waals surface area (Å²) in [5.41, 5.74) is 6.77. The van der Waals surface area contributed by atoms with Gasteiger partial charge < -0.3 is 15.4 Å². The summed E-state index contributed by atoms with van der Waals surface area (Å²) >= 11 is 0. The summed E-state index contributed by atoms with van der Waals surface area (Å²) in [4.78, 5) is 2.24. The summed E-state index contributed by atoms with van der Waals surface area (Å²) < 4.78 is 5.76. The number of benzene rings is 1. The minimum atomic E-state index is 0.0832. The minimum Gasteiger partial charge on any atom is -0.485 e. The molecule has 0 aromatic heterocycles. The molecule has 0 fully saturated rings. The normalized spacial score (nSPS) is 19.3. The first-order chi connectivity index (χ1) is 7.35. The molecular formula is C12H16N2O. The van der Waals surface area contributed by atoms with Gasteiger partial charge in [0, 0.05) is 13.1 Å². The Morgan fingerprint density at radius 2 is 2.33 bits per heavy atom. The van der Waals surface area contributed by atoms with E-state index in [1.165, 1.54) is 0 Å². The molecule has 0 saturated carbocycles. The van der Waals surface area contributed by atoms with Crippen LogP contribution >= 0.6 is 0 Å². The molecule has 1 heterocycles. The van der Waals surface area contributed by atoms with Crippen molar-refractivity contribution in [3.63, 3.8) is 0 Å². The number of hydrogen-bond donors (Lipinski definition) is 1. The van der Waals surface area contributed by atoms with Crippen LogP contribution in [0.3, 0.4) is 0 Å². The van der Waals surface area contributed by atoms with Gasteiger partial charge in [-0.2, -0.15) is 0 Å². The summed E-state index contributed by atoms with van der Waals surface area (Å²) in [7, 11) is 0. The maximum Gasteiger partial charge on any atom is 0.143 e. The van der Waals surface area contributed by atoms with Crippen LogP contribution in [0.5, 0.6) is 5.75 Å². The predicted octanol–water partition coefficient (Wildman–Crippen LogP) is 1.40. The smallest absolute Gasteiger partial charge is 0.143 e. The van der Waals surface area contributed by atoms with E-state index in [-0.39, 0.29) is 6.10 Å². The van der Waals surface area contributed by atoms with E-state index in [1.807, 2.05) is 24.3 Å². The van der Waals surface area contributed by atoms with Gasteiger partial charge in [0.15, 0.2) is 0 Å². The summed E-state index contributed by atoms with van der Waals surface area (Å²) in [6.07, 6.45) is 1.98. The van der Waals surface area contributed by atoms with Crippen molar-refractivity contribution in [2.75, 3.05) is 24.5 Å². The van der Waals surface area contributed by atoms with Gasteiger partial charge >= 0.3 is 0 Å². The number of fused-ring (bicyclic) bond motifs is 1. The van der Waals surface area contributed by atoms with Crippen molar-refractivity contribution >= 4 is 5.69 Å². The number of hydrogen-bond acceptors (Lipinski definition) is 3. The van der Waals surface area contributed by atoms with Crippen molar-refractivity contribution in [1.82, 2.24) is 0 Å². The SMILES string of the molecule is C=CCN1CC(CN)Oc2ccccc21. The van der Waals surface area contributed by atoms with Crippen molar-refractivity contribution < 1.29 is 4.74 Å². The first-order valence-electron chi connectivity index (χ1n) is 5.16. The van der Waals surface area contributed by atoms with Gasteiger partial charge in [-0.3, -0.25) is 0 Å². The molecule has 1 aromatic rings. The molecule has 0 bridgehead atoms. The van der Waals surface area contributed by atoms with E-state index in [0.29, 0.717) is 6.54 Å². The monoisotopic (exact) mass is 204 g/mol. The zero-order valence-electron chi connectivity index (χ0n) is 8.73. The van der Waals surface area contributed by atoms with Crippen LogP contribution in [0.2, 0.25) is 0 Å². The molecule has 15 heavy (non-hydrogen) atoms. The maximum absolute atomic E-state index is 5.76. The highest BCUT2D eigenvalue weighted by Gasteiger charge is 2.23. The molecule has 1 aliphatic rings. The Kier molecular flexibility index (Phi) is 2.92. The van der Waals surface area contributed by atoms with Crippen LogP contribution in [0.15, 0.2) is 36.9 Å². The lowest BCUT2D eigenvalue weighted by molar-refractivity contribution is 0.202. The lowest BCUT2D eigenvalue weighted by Crippen LogP contribution is -2.43. The molecule has 2 rings (SSSR count). The molecule has 80 valence electrons. The molecule has 0 aliphatic carbocycles. The maximum atomic E-state index is 5.76. The largest absolute Gasteiger partial charge is 0.485 e. The highest BCUT2D eigenvalue weighted by Crippen LogP contribution is 2.32. The molecule has 0 spiro atoms. The molecular weight excluding hydrogens is 188 g/mol. The number of ether oxygens (including phenoxy) is 1. The predicted molar refractivity (Wildman–Crippen MR) is 62.3 cm³/mol. The van der Waals surface area contributed by atoms with Gasteiger partial charge in [0.2, 0.25) is 0 Å². The Bertz CT molecular complexity index is 351. The Morgan fingerprint density at radius 1 is 1.53 bits per heavy atom. The molecule has 3 heteroatoms. The van der Waals surface area contributed by atoms with E-state index in [4.69, 9.17) is 10.5 Å². The van der Waals surface area contributed by atoms with Crippen LogP contribution in [-0.4, -0.2) is 25.7 Å². The van der Waals surface area contributed by atoms with Crippen LogP contribution in [0.1, 0.15) is 0 Å². The third-order valence-corrected chi connectivity index (χ3v) is 2.54. The van der Waals surface area contributed by atoms with Crippen LogP contribution in [-0.2, 0) is 0 Å². The molecule has 0 radical (unpaired) electrons. The van der Waals surface area contributed by atoms with Gasteiger partial charge in [0.05, 0.1) is 12.2 Å². The second kappa shape index (κ2) is 4.36. The van der Waals surface area contributed by atoms with E-state index in [9.17, 15) is 0 Å². The minimum absolute atomic E-state index is 0.0832. The van der Waals surface area contributed by atoms with Gasteiger partial charge in [-0.1, -0.05) is 18.2 Å². The van der Waals surface area contributed by atoms with Gasteiger partial charge in [0.25, 0.3) is 0 Å². The summed E-state index contributed by atoms with van der Waals surface area (Å²) in [6.45, 7) is 5.97. The standard InChI is InChI=1S/C12H16N2O/c1-2-7-14-9-10(8-13)15-12-6-4-3-5-11(12)14/h2-6,10H,1,7-9,13H2. The van der Waals surface area contributed by atoms with E-state index >= 15 is 0 Å².